The Balaban J connectivity index is 1.14. The Kier molecular flexibility index (Phi) is 9.69. The van der Waals surface area contributed by atoms with Crippen LogP contribution in [-0.4, -0.2) is 29.9 Å². The molecule has 2 aliphatic rings. The molecule has 12 rings (SSSR count). The molecular formula is C62H48N6. The van der Waals surface area contributed by atoms with Gasteiger partial charge in [-0.25, -0.2) is 29.9 Å². The summed E-state index contributed by atoms with van der Waals surface area (Å²) in [6, 6.07) is 68.7. The highest BCUT2D eigenvalue weighted by Gasteiger charge is 2.52. The first-order chi connectivity index (χ1) is 33.1. The van der Waals surface area contributed by atoms with Gasteiger partial charge in [0.05, 0.1) is 5.41 Å². The van der Waals surface area contributed by atoms with Crippen molar-refractivity contribution < 1.29 is 0 Å². The second-order valence-electron chi connectivity index (χ2n) is 19.3. The molecule has 0 unspecified atom stereocenters. The largest absolute Gasteiger partial charge is 0.208 e. The van der Waals surface area contributed by atoms with E-state index >= 15 is 0 Å². The summed E-state index contributed by atoms with van der Waals surface area (Å²) in [4.78, 5) is 31.0. The summed E-state index contributed by atoms with van der Waals surface area (Å²) in [7, 11) is 0. The van der Waals surface area contributed by atoms with E-state index in [2.05, 4.69) is 156 Å². The molecule has 68 heavy (non-hydrogen) atoms. The van der Waals surface area contributed by atoms with Crippen molar-refractivity contribution in [2.24, 2.45) is 0 Å². The maximum atomic E-state index is 5.24. The minimum Gasteiger partial charge on any atom is -0.208 e. The van der Waals surface area contributed by atoms with E-state index in [9.17, 15) is 0 Å². The van der Waals surface area contributed by atoms with Crippen LogP contribution in [0.4, 0.5) is 0 Å². The molecule has 6 nitrogen and oxygen atoms in total. The Morgan fingerprint density at radius 3 is 0.985 bits per heavy atom. The van der Waals surface area contributed by atoms with E-state index in [1.54, 1.807) is 0 Å². The highest BCUT2D eigenvalue weighted by molar-refractivity contribution is 5.97. The lowest BCUT2D eigenvalue weighted by atomic mass is 9.68. The van der Waals surface area contributed by atoms with Crippen molar-refractivity contribution in [3.8, 4) is 90.6 Å². The average Bonchev–Trinajstić information content (AvgIpc) is 3.85. The fraction of sp³-hybridized carbons (Fsp3) is 0.129. The number of aromatic nitrogens is 6. The van der Waals surface area contributed by atoms with Crippen LogP contribution in [0, 0.1) is 0 Å². The van der Waals surface area contributed by atoms with Crippen molar-refractivity contribution >= 4 is 0 Å². The van der Waals surface area contributed by atoms with Crippen LogP contribution >= 0.6 is 0 Å². The van der Waals surface area contributed by atoms with Gasteiger partial charge in [0.25, 0.3) is 0 Å². The fourth-order valence-electron chi connectivity index (χ4n) is 10.2. The van der Waals surface area contributed by atoms with Gasteiger partial charge >= 0.3 is 0 Å². The molecule has 0 atom stereocenters. The van der Waals surface area contributed by atoms with Crippen molar-refractivity contribution in [2.45, 2.75) is 51.4 Å². The topological polar surface area (TPSA) is 77.3 Å². The van der Waals surface area contributed by atoms with E-state index in [1.165, 1.54) is 55.6 Å². The molecule has 6 heteroatoms. The van der Waals surface area contributed by atoms with Gasteiger partial charge < -0.3 is 0 Å². The standard InChI is InChI=1S/C62H48N6/c1-38(2)43-26-30-47-50-33-29-46(61(3,4)5)37-54(50)62(51(47)34-43)52-35-44(59-65-55(39-18-10-6-11-19-39)63-56(66-59)40-20-12-7-13-21-40)27-31-48(52)49-32-28-45(36-53(49)62)60-67-57(41-22-14-8-15-23-41)64-58(68-60)42-24-16-9-17-25-42/h6-38H,1-5H3. The third-order valence-electron chi connectivity index (χ3n) is 13.7. The second kappa shape index (κ2) is 16.0. The smallest absolute Gasteiger partial charge is 0.164 e. The SMILES string of the molecule is CC(C)c1ccc2c(c1)C1(c3cc(-c4nc(-c5ccccc5)nc(-c5ccccc5)n4)ccc3-c3ccc(-c4nc(-c5ccccc5)nc(-c5ccccc5)n4)cc31)c1cc(C(C)(C)C)ccc1-2. The van der Waals surface area contributed by atoms with Gasteiger partial charge in [-0.1, -0.05) is 217 Å². The van der Waals surface area contributed by atoms with Gasteiger partial charge in [-0.2, -0.15) is 0 Å². The van der Waals surface area contributed by atoms with Crippen molar-refractivity contribution in [3.05, 3.63) is 228 Å². The van der Waals surface area contributed by atoms with Crippen molar-refractivity contribution in [1.82, 2.24) is 29.9 Å². The van der Waals surface area contributed by atoms with Gasteiger partial charge in [0.2, 0.25) is 0 Å². The summed E-state index contributed by atoms with van der Waals surface area (Å²) in [6.07, 6.45) is 0. The van der Waals surface area contributed by atoms with Crippen molar-refractivity contribution in [1.29, 1.82) is 0 Å². The van der Waals surface area contributed by atoms with E-state index in [1.807, 2.05) is 72.8 Å². The van der Waals surface area contributed by atoms with Crippen LogP contribution in [0.15, 0.2) is 194 Å². The predicted molar refractivity (Wildman–Crippen MR) is 275 cm³/mol. The normalized spacial score (nSPS) is 13.0. The van der Waals surface area contributed by atoms with Crippen molar-refractivity contribution in [2.75, 3.05) is 0 Å². The summed E-state index contributed by atoms with van der Waals surface area (Å²) in [5, 5.41) is 0. The number of benzene rings is 8. The molecule has 0 bridgehead atoms. The van der Waals surface area contributed by atoms with Crippen LogP contribution in [0.3, 0.4) is 0 Å². The second-order valence-corrected chi connectivity index (χ2v) is 19.3. The molecule has 0 saturated heterocycles. The number of hydrogen-bond acceptors (Lipinski definition) is 6. The Hall–Kier alpha value is -8.22. The maximum Gasteiger partial charge on any atom is 0.164 e. The molecule has 10 aromatic rings. The minimum atomic E-state index is -0.706. The zero-order valence-electron chi connectivity index (χ0n) is 38.7. The Morgan fingerprint density at radius 2 is 0.632 bits per heavy atom. The fourth-order valence-corrected chi connectivity index (χ4v) is 10.2. The zero-order valence-corrected chi connectivity index (χ0v) is 38.7. The maximum absolute atomic E-state index is 5.24. The molecule has 0 aliphatic heterocycles. The van der Waals surface area contributed by atoms with Gasteiger partial charge in [0, 0.05) is 33.4 Å². The summed E-state index contributed by atoms with van der Waals surface area (Å²) < 4.78 is 0. The molecule has 0 saturated carbocycles. The zero-order chi connectivity index (χ0) is 46.1. The highest BCUT2D eigenvalue weighted by Crippen LogP contribution is 2.64. The molecule has 2 aromatic heterocycles. The van der Waals surface area contributed by atoms with E-state index in [-0.39, 0.29) is 5.41 Å². The monoisotopic (exact) mass is 876 g/mol. The lowest BCUT2D eigenvalue weighted by Gasteiger charge is -2.32. The number of hydrogen-bond donors (Lipinski definition) is 0. The quantitative estimate of drug-likeness (QED) is 0.159. The van der Waals surface area contributed by atoms with E-state index in [0.717, 1.165) is 33.4 Å². The molecule has 0 amide bonds. The van der Waals surface area contributed by atoms with Crippen LogP contribution in [0.1, 0.15) is 73.9 Å². The molecule has 0 N–H and O–H groups in total. The molecule has 326 valence electrons. The van der Waals surface area contributed by atoms with Crippen LogP contribution in [0.25, 0.3) is 90.6 Å². The van der Waals surface area contributed by atoms with Gasteiger partial charge in [-0.05, 0) is 79.1 Å². The van der Waals surface area contributed by atoms with Crippen LogP contribution in [-0.2, 0) is 10.8 Å². The third kappa shape index (κ3) is 6.78. The minimum absolute atomic E-state index is 0.0961. The van der Waals surface area contributed by atoms with Gasteiger partial charge in [0.1, 0.15) is 0 Å². The Labute approximate surface area is 397 Å². The van der Waals surface area contributed by atoms with Crippen LogP contribution in [0.5, 0.6) is 0 Å². The summed E-state index contributed by atoms with van der Waals surface area (Å²) >= 11 is 0. The molecule has 1 spiro atoms. The lowest BCUT2D eigenvalue weighted by molar-refractivity contribution is 0.588. The van der Waals surface area contributed by atoms with Crippen molar-refractivity contribution in [3.63, 3.8) is 0 Å². The van der Waals surface area contributed by atoms with E-state index in [4.69, 9.17) is 29.9 Å². The first-order valence-corrected chi connectivity index (χ1v) is 23.5. The van der Waals surface area contributed by atoms with Gasteiger partial charge in [-0.3, -0.25) is 0 Å². The average molecular weight is 877 g/mol. The summed E-state index contributed by atoms with van der Waals surface area (Å²) in [5.41, 5.74) is 17.1. The summed E-state index contributed by atoms with van der Waals surface area (Å²) in [6.45, 7) is 11.5. The number of rotatable bonds is 7. The molecule has 8 aromatic carbocycles. The molecule has 2 heterocycles. The van der Waals surface area contributed by atoms with E-state index < -0.39 is 5.41 Å². The van der Waals surface area contributed by atoms with Gasteiger partial charge in [-0.15, -0.1) is 0 Å². The Morgan fingerprint density at radius 1 is 0.324 bits per heavy atom. The Bertz CT molecular complexity index is 3270. The van der Waals surface area contributed by atoms with Gasteiger partial charge in [0.15, 0.2) is 34.9 Å². The van der Waals surface area contributed by atoms with Crippen LogP contribution < -0.4 is 0 Å². The lowest BCUT2D eigenvalue weighted by Crippen LogP contribution is -2.27. The first-order valence-electron chi connectivity index (χ1n) is 23.5. The number of nitrogens with zero attached hydrogens (tertiary/aromatic N) is 6. The highest BCUT2D eigenvalue weighted by atomic mass is 15.0. The summed E-state index contributed by atoms with van der Waals surface area (Å²) in [5.74, 6) is 4.09. The molecule has 0 radical (unpaired) electrons. The third-order valence-corrected chi connectivity index (χ3v) is 13.7. The first kappa shape index (κ1) is 41.2. The van der Waals surface area contributed by atoms with E-state index in [0.29, 0.717) is 40.9 Å². The number of fused-ring (bicyclic) bond motifs is 10. The predicted octanol–water partition coefficient (Wildman–Crippen LogP) is 14.8. The van der Waals surface area contributed by atoms with Crippen LogP contribution in [0.2, 0.25) is 0 Å². The molecule has 2 aliphatic carbocycles. The molecule has 0 fully saturated rings. The molecular weight excluding hydrogens is 829 g/mol.